The smallest absolute Gasteiger partial charge is 0.433 e. The van der Waals surface area contributed by atoms with Crippen molar-refractivity contribution in [3.8, 4) is 0 Å². The highest BCUT2D eigenvalue weighted by Crippen LogP contribution is 2.29. The summed E-state index contributed by atoms with van der Waals surface area (Å²) in [5.74, 6) is -1.97. The highest BCUT2D eigenvalue weighted by molar-refractivity contribution is 6.10. The highest BCUT2D eigenvalue weighted by atomic mass is 19.4. The maximum atomic E-state index is 12.8. The van der Waals surface area contributed by atoms with Crippen molar-refractivity contribution in [3.05, 3.63) is 65.0 Å². The van der Waals surface area contributed by atoms with E-state index in [2.05, 4.69) is 15.6 Å². The number of methoxy groups -OCH3 is 1. The number of allylic oxidation sites excluding steroid dienone is 3. The molecule has 0 aliphatic heterocycles. The van der Waals surface area contributed by atoms with E-state index in [1.165, 1.54) is 25.5 Å². The quantitative estimate of drug-likeness (QED) is 0.544. The molecule has 1 amide bonds. The van der Waals surface area contributed by atoms with Crippen LogP contribution in [-0.2, 0) is 15.7 Å². The van der Waals surface area contributed by atoms with Crippen LogP contribution in [0.3, 0.4) is 0 Å². The number of aliphatic carboxylic acids is 1. The molecule has 31 heavy (non-hydrogen) atoms. The second-order valence-electron chi connectivity index (χ2n) is 7.01. The summed E-state index contributed by atoms with van der Waals surface area (Å²) in [7, 11) is 1.33. The second-order valence-corrected chi connectivity index (χ2v) is 7.01. The molecular formula is C20H19F3N4O4. The minimum Gasteiger partial charge on any atom is -0.494 e. The van der Waals surface area contributed by atoms with Crippen molar-refractivity contribution < 1.29 is 32.6 Å². The van der Waals surface area contributed by atoms with Gasteiger partial charge in [0.25, 0.3) is 5.91 Å². The fourth-order valence-electron chi connectivity index (χ4n) is 3.05. The van der Waals surface area contributed by atoms with Crippen molar-refractivity contribution in [2.75, 3.05) is 7.11 Å². The minimum atomic E-state index is -4.68. The number of carboxylic acids is 1. The molecule has 1 heterocycles. The monoisotopic (exact) mass is 436 g/mol. The summed E-state index contributed by atoms with van der Waals surface area (Å²) in [5.41, 5.74) is -1.01. The maximum absolute atomic E-state index is 12.8. The summed E-state index contributed by atoms with van der Waals surface area (Å²) in [6.45, 7) is 0. The maximum Gasteiger partial charge on any atom is 0.433 e. The van der Waals surface area contributed by atoms with Crippen LogP contribution >= 0.6 is 0 Å². The van der Waals surface area contributed by atoms with E-state index < -0.39 is 35.4 Å². The first-order chi connectivity index (χ1) is 14.6. The van der Waals surface area contributed by atoms with Gasteiger partial charge in [-0.3, -0.25) is 9.59 Å². The van der Waals surface area contributed by atoms with E-state index >= 15 is 0 Å². The van der Waals surface area contributed by atoms with E-state index in [1.54, 1.807) is 0 Å². The number of nitrogens with zero attached hydrogens (tertiary/aromatic N) is 1. The first-order valence-corrected chi connectivity index (χ1v) is 9.19. The molecule has 4 N–H and O–H groups in total. The Bertz CT molecular complexity index is 1010. The number of halogens is 3. The molecular weight excluding hydrogens is 417 g/mol. The van der Waals surface area contributed by atoms with Crippen molar-refractivity contribution in [2.24, 2.45) is 5.92 Å². The molecule has 1 fully saturated rings. The van der Waals surface area contributed by atoms with Gasteiger partial charge in [0, 0.05) is 23.9 Å². The Morgan fingerprint density at radius 1 is 1.29 bits per heavy atom. The van der Waals surface area contributed by atoms with E-state index in [0.29, 0.717) is 18.4 Å². The normalized spacial score (nSPS) is 22.2. The zero-order chi connectivity index (χ0) is 22.8. The number of hydrogen-bond acceptors (Lipinski definition) is 6. The topological polar surface area (TPSA) is 124 Å². The van der Waals surface area contributed by atoms with Crippen LogP contribution < -0.4 is 10.6 Å². The average Bonchev–Trinajstić information content (AvgIpc) is 2.67. The number of carboxylic acid groups (broad SMARTS) is 1. The Labute approximate surface area is 175 Å². The number of carbonyl (C=O) groups excluding carboxylic acids is 1. The SMILES string of the molecule is COC1=CC(=N)/C(=C\NC2CC(C(=O)O)C2)C=C1NC(=O)c1cccc(C(F)(F)F)n1. The molecule has 0 radical (unpaired) electrons. The molecule has 1 aromatic heterocycles. The van der Waals surface area contributed by atoms with Gasteiger partial charge in [0.1, 0.15) is 17.1 Å². The molecule has 0 spiro atoms. The number of ether oxygens (including phenoxy) is 1. The third kappa shape index (κ3) is 5.11. The van der Waals surface area contributed by atoms with Crippen LogP contribution in [0.1, 0.15) is 29.0 Å². The van der Waals surface area contributed by atoms with E-state index in [9.17, 15) is 22.8 Å². The first-order valence-electron chi connectivity index (χ1n) is 9.19. The summed E-state index contributed by atoms with van der Waals surface area (Å²) in [4.78, 5) is 26.7. The van der Waals surface area contributed by atoms with Crippen LogP contribution in [-0.4, -0.2) is 40.8 Å². The summed E-state index contributed by atoms with van der Waals surface area (Å²) in [5, 5.41) is 22.5. The molecule has 0 atom stereocenters. The molecule has 0 unspecified atom stereocenters. The number of nitrogens with one attached hydrogen (secondary N) is 3. The third-order valence-corrected chi connectivity index (χ3v) is 4.85. The number of aromatic nitrogens is 1. The standard InChI is InChI=1S/C20H19F3N4O4/c1-31-16-8-13(24)11(9-25-12-5-10(6-12)19(29)30)7-15(16)27-18(28)14-3-2-4-17(26-14)20(21,22)23/h2-4,7-10,12,24-25H,5-6H2,1H3,(H,27,28)(H,29,30)/b11-9-,24-13?. The van der Waals surface area contributed by atoms with Gasteiger partial charge in [0.05, 0.1) is 24.4 Å². The summed E-state index contributed by atoms with van der Waals surface area (Å²) in [6.07, 6.45) is 0.551. The van der Waals surface area contributed by atoms with Crippen LogP contribution in [0.4, 0.5) is 13.2 Å². The van der Waals surface area contributed by atoms with Crippen LogP contribution in [0, 0.1) is 11.3 Å². The molecule has 164 valence electrons. The Morgan fingerprint density at radius 3 is 2.61 bits per heavy atom. The van der Waals surface area contributed by atoms with Crippen LogP contribution in [0.15, 0.2) is 53.6 Å². The number of alkyl halides is 3. The summed E-state index contributed by atoms with van der Waals surface area (Å²) < 4.78 is 43.7. The van der Waals surface area contributed by atoms with Gasteiger partial charge in [-0.15, -0.1) is 0 Å². The molecule has 2 aliphatic rings. The van der Waals surface area contributed by atoms with E-state index in [1.807, 2.05) is 0 Å². The predicted molar refractivity (Wildman–Crippen MR) is 103 cm³/mol. The lowest BCUT2D eigenvalue weighted by Crippen LogP contribution is -2.42. The predicted octanol–water partition coefficient (Wildman–Crippen LogP) is 2.61. The molecule has 0 saturated heterocycles. The van der Waals surface area contributed by atoms with Crippen LogP contribution in [0.2, 0.25) is 0 Å². The number of rotatable bonds is 6. The van der Waals surface area contributed by atoms with Crippen molar-refractivity contribution in [1.82, 2.24) is 15.6 Å². The van der Waals surface area contributed by atoms with Gasteiger partial charge in [-0.05, 0) is 31.1 Å². The number of carbonyl (C=O) groups is 2. The largest absolute Gasteiger partial charge is 0.494 e. The molecule has 8 nitrogen and oxygen atoms in total. The summed E-state index contributed by atoms with van der Waals surface area (Å²) in [6, 6.07) is 2.95. The van der Waals surface area contributed by atoms with Crippen molar-refractivity contribution in [1.29, 1.82) is 5.41 Å². The fourth-order valence-corrected chi connectivity index (χ4v) is 3.05. The van der Waals surface area contributed by atoms with Crippen molar-refractivity contribution in [3.63, 3.8) is 0 Å². The van der Waals surface area contributed by atoms with Gasteiger partial charge in [-0.25, -0.2) is 4.98 Å². The number of hydrogen-bond donors (Lipinski definition) is 4. The van der Waals surface area contributed by atoms with Crippen LogP contribution in [0.25, 0.3) is 0 Å². The number of pyridine rings is 1. The zero-order valence-corrected chi connectivity index (χ0v) is 16.3. The van der Waals surface area contributed by atoms with Gasteiger partial charge >= 0.3 is 12.1 Å². The molecule has 1 saturated carbocycles. The van der Waals surface area contributed by atoms with Crippen molar-refractivity contribution >= 4 is 17.6 Å². The Morgan fingerprint density at radius 2 is 2.00 bits per heavy atom. The highest BCUT2D eigenvalue weighted by Gasteiger charge is 2.34. The summed E-state index contributed by atoms with van der Waals surface area (Å²) >= 11 is 0. The molecule has 11 heteroatoms. The minimum absolute atomic E-state index is 0.0463. The van der Waals surface area contributed by atoms with Gasteiger partial charge in [0.15, 0.2) is 0 Å². The van der Waals surface area contributed by atoms with Crippen molar-refractivity contribution in [2.45, 2.75) is 25.1 Å². The lowest BCUT2D eigenvalue weighted by molar-refractivity contribution is -0.145. The van der Waals surface area contributed by atoms with Gasteiger partial charge < -0.3 is 25.9 Å². The lowest BCUT2D eigenvalue weighted by atomic mass is 9.80. The van der Waals surface area contributed by atoms with E-state index in [-0.39, 0.29) is 23.2 Å². The Kier molecular flexibility index (Phi) is 6.14. The molecule has 3 rings (SSSR count). The zero-order valence-electron chi connectivity index (χ0n) is 16.3. The van der Waals surface area contributed by atoms with Gasteiger partial charge in [-0.2, -0.15) is 13.2 Å². The Balaban J connectivity index is 1.75. The first kappa shape index (κ1) is 22.1. The second kappa shape index (κ2) is 8.62. The molecule has 0 aromatic carbocycles. The van der Waals surface area contributed by atoms with Crippen LogP contribution in [0.5, 0.6) is 0 Å². The molecule has 1 aromatic rings. The Hall–Kier alpha value is -3.63. The van der Waals surface area contributed by atoms with Gasteiger partial charge in [0.2, 0.25) is 0 Å². The van der Waals surface area contributed by atoms with Gasteiger partial charge in [-0.1, -0.05) is 6.07 Å². The fraction of sp³-hybridized carbons (Fsp3) is 0.300. The lowest BCUT2D eigenvalue weighted by Gasteiger charge is -2.32. The average molecular weight is 436 g/mol. The molecule has 2 aliphatic carbocycles. The molecule has 0 bridgehead atoms. The van der Waals surface area contributed by atoms with E-state index in [4.69, 9.17) is 15.3 Å². The third-order valence-electron chi connectivity index (χ3n) is 4.85. The number of amides is 1. The van der Waals surface area contributed by atoms with E-state index in [0.717, 1.165) is 18.2 Å².